The van der Waals surface area contributed by atoms with E-state index in [1.807, 2.05) is 0 Å². The van der Waals surface area contributed by atoms with Gasteiger partial charge in [0.2, 0.25) is 5.88 Å². The molecule has 3 heterocycles. The van der Waals surface area contributed by atoms with Crippen LogP contribution in [0.25, 0.3) is 10.8 Å². The number of nitrogens with zero attached hydrogens (tertiary/aromatic N) is 4. The predicted molar refractivity (Wildman–Crippen MR) is 148 cm³/mol. The summed E-state index contributed by atoms with van der Waals surface area (Å²) in [6.07, 6.45) is -3.66. The summed E-state index contributed by atoms with van der Waals surface area (Å²) in [5.74, 6) is -1.80. The molecule has 5 rings (SSSR count). The van der Waals surface area contributed by atoms with Crippen LogP contribution in [0.5, 0.6) is 5.88 Å². The van der Waals surface area contributed by atoms with Crippen molar-refractivity contribution in [3.63, 3.8) is 0 Å². The van der Waals surface area contributed by atoms with Gasteiger partial charge in [0.15, 0.2) is 5.60 Å². The first-order valence-corrected chi connectivity index (χ1v) is 13.4. The Morgan fingerprint density at radius 3 is 2.28 bits per heavy atom. The van der Waals surface area contributed by atoms with E-state index in [1.54, 1.807) is 30.3 Å². The summed E-state index contributed by atoms with van der Waals surface area (Å²) < 4.78 is 58.9. The van der Waals surface area contributed by atoms with Gasteiger partial charge in [-0.05, 0) is 43.7 Å². The zero-order valence-corrected chi connectivity index (χ0v) is 23.2. The molecule has 43 heavy (non-hydrogen) atoms. The predicted octanol–water partition coefficient (Wildman–Crippen LogP) is 4.21. The fourth-order valence-electron chi connectivity index (χ4n) is 4.92. The van der Waals surface area contributed by atoms with Gasteiger partial charge in [-0.2, -0.15) is 18.3 Å². The SMILES string of the molecule is CC(C)(Oc1ccc(C(F)(F)F)cn1)C(=O)N1CCN(C(=O)c2cc(Cc3n[nH]c(=O)c4ccccc34)ccc2F)CC1. The van der Waals surface area contributed by atoms with Crippen LogP contribution in [0.2, 0.25) is 0 Å². The number of fused-ring (bicyclic) bond motifs is 1. The van der Waals surface area contributed by atoms with Crippen molar-refractivity contribution in [1.29, 1.82) is 0 Å². The van der Waals surface area contributed by atoms with Crippen molar-refractivity contribution < 1.29 is 31.9 Å². The Bertz CT molecular complexity index is 1730. The molecule has 224 valence electrons. The molecule has 1 aliphatic heterocycles. The van der Waals surface area contributed by atoms with E-state index in [9.17, 15) is 31.9 Å². The summed E-state index contributed by atoms with van der Waals surface area (Å²) in [5, 5.41) is 7.75. The fourth-order valence-corrected chi connectivity index (χ4v) is 4.92. The maximum absolute atomic E-state index is 14.8. The van der Waals surface area contributed by atoms with E-state index < -0.39 is 35.0 Å². The Morgan fingerprint density at radius 1 is 0.953 bits per heavy atom. The van der Waals surface area contributed by atoms with Crippen LogP contribution in [0.3, 0.4) is 0 Å². The van der Waals surface area contributed by atoms with Crippen molar-refractivity contribution >= 4 is 22.6 Å². The number of piperazine rings is 1. The maximum Gasteiger partial charge on any atom is 0.417 e. The molecule has 1 fully saturated rings. The molecule has 1 saturated heterocycles. The van der Waals surface area contributed by atoms with Gasteiger partial charge in [-0.1, -0.05) is 24.3 Å². The summed E-state index contributed by atoms with van der Waals surface area (Å²) in [6.45, 7) is 3.52. The molecule has 0 spiro atoms. The summed E-state index contributed by atoms with van der Waals surface area (Å²) in [7, 11) is 0. The summed E-state index contributed by atoms with van der Waals surface area (Å²) in [6, 6.07) is 13.1. The molecule has 0 atom stereocenters. The molecule has 0 aliphatic carbocycles. The van der Waals surface area contributed by atoms with E-state index in [-0.39, 0.29) is 49.6 Å². The van der Waals surface area contributed by atoms with Crippen LogP contribution in [0, 0.1) is 5.82 Å². The molecule has 4 aromatic rings. The lowest BCUT2D eigenvalue weighted by Crippen LogP contribution is -2.56. The largest absolute Gasteiger partial charge is 0.462 e. The number of hydrogen-bond acceptors (Lipinski definition) is 6. The summed E-state index contributed by atoms with van der Waals surface area (Å²) in [4.78, 5) is 45.2. The minimum Gasteiger partial charge on any atom is -0.462 e. The number of ether oxygens (including phenoxy) is 1. The van der Waals surface area contributed by atoms with Crippen molar-refractivity contribution in [2.75, 3.05) is 26.2 Å². The van der Waals surface area contributed by atoms with Crippen LogP contribution >= 0.6 is 0 Å². The summed E-state index contributed by atoms with van der Waals surface area (Å²) in [5.41, 5.74) is -1.63. The normalized spacial score (nSPS) is 14.2. The van der Waals surface area contributed by atoms with Gasteiger partial charge in [-0.25, -0.2) is 14.5 Å². The van der Waals surface area contributed by atoms with Crippen molar-refractivity contribution in [2.45, 2.75) is 32.0 Å². The topological polar surface area (TPSA) is 108 Å². The highest BCUT2D eigenvalue weighted by molar-refractivity contribution is 5.95. The lowest BCUT2D eigenvalue weighted by Gasteiger charge is -2.38. The van der Waals surface area contributed by atoms with Crippen molar-refractivity contribution in [3.8, 4) is 5.88 Å². The lowest BCUT2D eigenvalue weighted by molar-refractivity contribution is -0.147. The second-order valence-corrected chi connectivity index (χ2v) is 10.6. The Morgan fingerprint density at radius 2 is 1.63 bits per heavy atom. The van der Waals surface area contributed by atoms with E-state index in [4.69, 9.17) is 4.74 Å². The summed E-state index contributed by atoms with van der Waals surface area (Å²) >= 11 is 0. The smallest absolute Gasteiger partial charge is 0.417 e. The molecule has 2 aromatic heterocycles. The number of carbonyl (C=O) groups is 2. The Balaban J connectivity index is 1.23. The number of benzene rings is 2. The average Bonchev–Trinajstić information content (AvgIpc) is 2.98. The molecule has 9 nitrogen and oxygen atoms in total. The van der Waals surface area contributed by atoms with E-state index in [0.29, 0.717) is 28.2 Å². The zero-order chi connectivity index (χ0) is 30.9. The number of aromatic nitrogens is 3. The minimum absolute atomic E-state index is 0.122. The van der Waals surface area contributed by atoms with Crippen molar-refractivity contribution in [2.24, 2.45) is 0 Å². The van der Waals surface area contributed by atoms with Crippen LogP contribution in [0.4, 0.5) is 17.6 Å². The van der Waals surface area contributed by atoms with Crippen LogP contribution < -0.4 is 10.3 Å². The number of halogens is 4. The number of rotatable bonds is 6. The number of aromatic amines is 1. The van der Waals surface area contributed by atoms with Gasteiger partial charge in [0.1, 0.15) is 5.82 Å². The third kappa shape index (κ3) is 6.35. The van der Waals surface area contributed by atoms with E-state index in [1.165, 1.54) is 35.8 Å². The van der Waals surface area contributed by atoms with Crippen LogP contribution in [-0.4, -0.2) is 68.6 Å². The molecule has 1 aliphatic rings. The number of hydrogen-bond donors (Lipinski definition) is 1. The third-order valence-corrected chi connectivity index (χ3v) is 7.20. The molecule has 0 radical (unpaired) electrons. The van der Waals surface area contributed by atoms with Gasteiger partial charge in [0.05, 0.1) is 22.2 Å². The lowest BCUT2D eigenvalue weighted by atomic mass is 10.0. The van der Waals surface area contributed by atoms with E-state index in [0.717, 1.165) is 12.1 Å². The molecule has 0 bridgehead atoms. The quantitative estimate of drug-likeness (QED) is 0.334. The number of amides is 2. The maximum atomic E-state index is 14.8. The van der Waals surface area contributed by atoms with Crippen molar-refractivity contribution in [3.05, 3.63) is 99.3 Å². The fraction of sp³-hybridized carbons (Fsp3) is 0.300. The molecule has 0 saturated carbocycles. The van der Waals surface area contributed by atoms with Gasteiger partial charge in [-0.15, -0.1) is 0 Å². The molecule has 2 aromatic carbocycles. The number of carbonyl (C=O) groups excluding carboxylic acids is 2. The van der Waals surface area contributed by atoms with Gasteiger partial charge in [0.25, 0.3) is 17.4 Å². The average molecular weight is 598 g/mol. The Labute approximate surface area is 243 Å². The second-order valence-electron chi connectivity index (χ2n) is 10.6. The van der Waals surface area contributed by atoms with Crippen molar-refractivity contribution in [1.82, 2.24) is 25.0 Å². The van der Waals surface area contributed by atoms with Gasteiger partial charge < -0.3 is 14.5 Å². The molecule has 0 unspecified atom stereocenters. The van der Waals surface area contributed by atoms with E-state index in [2.05, 4.69) is 15.2 Å². The third-order valence-electron chi connectivity index (χ3n) is 7.20. The van der Waals surface area contributed by atoms with Crippen LogP contribution in [-0.2, 0) is 17.4 Å². The number of pyridine rings is 1. The van der Waals surface area contributed by atoms with Gasteiger partial charge >= 0.3 is 6.18 Å². The Kier molecular flexibility index (Phi) is 7.91. The molecular formula is C30H27F4N5O4. The highest BCUT2D eigenvalue weighted by atomic mass is 19.4. The standard InChI is InChI=1S/C30H27F4N5O4/c1-29(2,43-25-10-8-19(17-35-25)30(32,33)34)28(42)39-13-11-38(12-14-39)27(41)22-15-18(7-9-23(22)31)16-24-20-5-3-4-6-21(20)26(40)37-36-24/h3-10,15,17H,11-14,16H2,1-2H3,(H,37,40). The minimum atomic E-state index is -4.55. The highest BCUT2D eigenvalue weighted by Gasteiger charge is 2.37. The van der Waals surface area contributed by atoms with Gasteiger partial charge in [-0.3, -0.25) is 14.4 Å². The zero-order valence-electron chi connectivity index (χ0n) is 23.2. The second kappa shape index (κ2) is 11.5. The molecular weight excluding hydrogens is 570 g/mol. The highest BCUT2D eigenvalue weighted by Crippen LogP contribution is 2.30. The molecule has 1 N–H and O–H groups in total. The van der Waals surface area contributed by atoms with Gasteiger partial charge in [0, 0.05) is 50.2 Å². The number of H-pyrrole nitrogens is 1. The Hall–Kier alpha value is -4.81. The van der Waals surface area contributed by atoms with E-state index >= 15 is 0 Å². The van der Waals surface area contributed by atoms with Crippen LogP contribution in [0.1, 0.15) is 41.0 Å². The number of nitrogens with one attached hydrogen (secondary N) is 1. The first kappa shape index (κ1) is 29.7. The monoisotopic (exact) mass is 597 g/mol. The first-order valence-electron chi connectivity index (χ1n) is 13.4. The molecule has 13 heteroatoms. The number of alkyl halides is 3. The molecule has 2 amide bonds. The first-order chi connectivity index (χ1) is 20.3. The van der Waals surface area contributed by atoms with Crippen LogP contribution in [0.15, 0.2) is 65.6 Å².